The number of amidine groups is 1. The Bertz CT molecular complexity index is 564. The highest BCUT2D eigenvalue weighted by atomic mass is 79.9. The lowest BCUT2D eigenvalue weighted by Gasteiger charge is -2.13. The van der Waals surface area contributed by atoms with Crippen molar-refractivity contribution >= 4 is 39.5 Å². The number of nitrogens with two attached hydrogens (primary N) is 1. The first-order chi connectivity index (χ1) is 8.52. The number of benzene rings is 1. The standard InChI is InChI=1S/C13H13BrN2O2/c1-2-9-10(13(17)18)6-7-5-8(14)3-4-11(7)16-12(9)15/h3-6,9H,2H2,1H3,(H2,15,16)(H,17,18). The topological polar surface area (TPSA) is 75.7 Å². The van der Waals surface area contributed by atoms with Crippen molar-refractivity contribution in [3.8, 4) is 0 Å². The van der Waals surface area contributed by atoms with Gasteiger partial charge in [0.1, 0.15) is 5.84 Å². The maximum absolute atomic E-state index is 11.3. The number of carbonyl (C=O) groups is 1. The summed E-state index contributed by atoms with van der Waals surface area (Å²) in [5.41, 5.74) is 7.66. The Labute approximate surface area is 113 Å². The second-order valence-corrected chi connectivity index (χ2v) is 5.02. The van der Waals surface area contributed by atoms with E-state index in [1.165, 1.54) is 0 Å². The lowest BCUT2D eigenvalue weighted by atomic mass is 9.94. The van der Waals surface area contributed by atoms with Gasteiger partial charge in [-0.05, 0) is 30.7 Å². The molecule has 18 heavy (non-hydrogen) atoms. The van der Waals surface area contributed by atoms with Crippen LogP contribution in [0.3, 0.4) is 0 Å². The Morgan fingerprint density at radius 1 is 1.56 bits per heavy atom. The zero-order valence-corrected chi connectivity index (χ0v) is 11.4. The van der Waals surface area contributed by atoms with E-state index >= 15 is 0 Å². The van der Waals surface area contributed by atoms with Gasteiger partial charge in [0.05, 0.1) is 5.69 Å². The van der Waals surface area contributed by atoms with E-state index in [1.54, 1.807) is 6.08 Å². The number of nitrogens with zero attached hydrogens (tertiary/aromatic N) is 1. The molecule has 1 aromatic carbocycles. The molecule has 94 valence electrons. The Morgan fingerprint density at radius 2 is 2.28 bits per heavy atom. The highest BCUT2D eigenvalue weighted by molar-refractivity contribution is 9.10. The Hall–Kier alpha value is -1.62. The second-order valence-electron chi connectivity index (χ2n) is 4.11. The number of aliphatic imine (C=N–C) groups is 1. The van der Waals surface area contributed by atoms with Gasteiger partial charge in [0.15, 0.2) is 0 Å². The van der Waals surface area contributed by atoms with Crippen LogP contribution < -0.4 is 5.73 Å². The third-order valence-corrected chi connectivity index (χ3v) is 3.43. The summed E-state index contributed by atoms with van der Waals surface area (Å²) < 4.78 is 0.881. The molecule has 0 radical (unpaired) electrons. The first-order valence-electron chi connectivity index (χ1n) is 5.61. The van der Waals surface area contributed by atoms with Crippen LogP contribution in [0.15, 0.2) is 33.2 Å². The molecule has 1 aliphatic heterocycles. The molecule has 0 saturated carbocycles. The Kier molecular flexibility index (Phi) is 3.52. The second kappa shape index (κ2) is 4.94. The molecule has 0 aliphatic carbocycles. The van der Waals surface area contributed by atoms with Gasteiger partial charge in [0, 0.05) is 21.5 Å². The number of hydrogen-bond donors (Lipinski definition) is 2. The van der Waals surface area contributed by atoms with E-state index < -0.39 is 5.97 Å². The maximum Gasteiger partial charge on any atom is 0.332 e. The average Bonchev–Trinajstić information content (AvgIpc) is 2.44. The van der Waals surface area contributed by atoms with Gasteiger partial charge in [-0.15, -0.1) is 0 Å². The zero-order valence-electron chi connectivity index (χ0n) is 9.85. The minimum absolute atomic E-state index is 0.288. The maximum atomic E-state index is 11.3. The Balaban J connectivity index is 2.66. The van der Waals surface area contributed by atoms with Crippen LogP contribution in [0, 0.1) is 5.92 Å². The first-order valence-corrected chi connectivity index (χ1v) is 6.40. The van der Waals surface area contributed by atoms with Crippen LogP contribution in [0.4, 0.5) is 5.69 Å². The van der Waals surface area contributed by atoms with Gasteiger partial charge in [-0.25, -0.2) is 9.79 Å². The van der Waals surface area contributed by atoms with Crippen LogP contribution in [0.2, 0.25) is 0 Å². The lowest BCUT2D eigenvalue weighted by Crippen LogP contribution is -2.27. The quantitative estimate of drug-likeness (QED) is 0.882. The molecule has 1 heterocycles. The van der Waals surface area contributed by atoms with Crippen LogP contribution in [0.1, 0.15) is 18.9 Å². The highest BCUT2D eigenvalue weighted by Gasteiger charge is 2.25. The van der Waals surface area contributed by atoms with Gasteiger partial charge in [-0.1, -0.05) is 22.9 Å². The summed E-state index contributed by atoms with van der Waals surface area (Å²) in [5.74, 6) is -0.936. The van der Waals surface area contributed by atoms with E-state index in [1.807, 2.05) is 25.1 Å². The van der Waals surface area contributed by atoms with Gasteiger partial charge in [-0.2, -0.15) is 0 Å². The summed E-state index contributed by atoms with van der Waals surface area (Å²) in [5, 5.41) is 9.29. The fourth-order valence-electron chi connectivity index (χ4n) is 2.03. The van der Waals surface area contributed by atoms with Crippen molar-refractivity contribution in [2.24, 2.45) is 16.6 Å². The third-order valence-electron chi connectivity index (χ3n) is 2.94. The lowest BCUT2D eigenvalue weighted by molar-refractivity contribution is -0.132. The Morgan fingerprint density at radius 3 is 2.89 bits per heavy atom. The summed E-state index contributed by atoms with van der Waals surface area (Å²) >= 11 is 3.36. The molecule has 1 unspecified atom stereocenters. The van der Waals surface area contributed by atoms with E-state index in [2.05, 4.69) is 20.9 Å². The number of halogens is 1. The first kappa shape index (κ1) is 12.8. The number of carboxylic acids is 1. The normalized spacial score (nSPS) is 18.4. The summed E-state index contributed by atoms with van der Waals surface area (Å²) in [6, 6.07) is 5.52. The number of fused-ring (bicyclic) bond motifs is 1. The summed E-state index contributed by atoms with van der Waals surface area (Å²) in [6.45, 7) is 1.90. The molecule has 0 aromatic heterocycles. The van der Waals surface area contributed by atoms with Crippen molar-refractivity contribution < 1.29 is 9.90 Å². The molecular weight excluding hydrogens is 296 g/mol. The molecule has 0 spiro atoms. The van der Waals surface area contributed by atoms with Crippen molar-refractivity contribution in [1.82, 2.24) is 0 Å². The third kappa shape index (κ3) is 2.31. The summed E-state index contributed by atoms with van der Waals surface area (Å²) in [7, 11) is 0. The van der Waals surface area contributed by atoms with Crippen molar-refractivity contribution in [3.05, 3.63) is 33.8 Å². The van der Waals surface area contributed by atoms with E-state index in [4.69, 9.17) is 5.73 Å². The highest BCUT2D eigenvalue weighted by Crippen LogP contribution is 2.32. The molecule has 2 rings (SSSR count). The summed E-state index contributed by atoms with van der Waals surface area (Å²) in [4.78, 5) is 15.6. The van der Waals surface area contributed by atoms with E-state index in [0.29, 0.717) is 17.9 Å². The molecule has 4 nitrogen and oxygen atoms in total. The van der Waals surface area contributed by atoms with Gasteiger partial charge in [-0.3, -0.25) is 0 Å². The molecule has 1 aliphatic rings. The van der Waals surface area contributed by atoms with E-state index in [9.17, 15) is 9.90 Å². The van der Waals surface area contributed by atoms with Crippen LogP contribution in [0.25, 0.3) is 6.08 Å². The van der Waals surface area contributed by atoms with Crippen LogP contribution in [0.5, 0.6) is 0 Å². The molecule has 0 fully saturated rings. The zero-order chi connectivity index (χ0) is 13.3. The smallest absolute Gasteiger partial charge is 0.332 e. The van der Waals surface area contributed by atoms with E-state index in [0.717, 1.165) is 10.0 Å². The number of aliphatic carboxylic acids is 1. The minimum atomic E-state index is -0.951. The predicted octanol–water partition coefficient (Wildman–Crippen LogP) is 2.95. The molecule has 5 heteroatoms. The monoisotopic (exact) mass is 308 g/mol. The number of rotatable bonds is 2. The summed E-state index contributed by atoms with van der Waals surface area (Å²) in [6.07, 6.45) is 2.27. The molecule has 1 atom stereocenters. The number of carboxylic acid groups (broad SMARTS) is 1. The predicted molar refractivity (Wildman–Crippen MR) is 74.8 cm³/mol. The van der Waals surface area contributed by atoms with Crippen molar-refractivity contribution in [2.75, 3.05) is 0 Å². The van der Waals surface area contributed by atoms with Gasteiger partial charge in [0.2, 0.25) is 0 Å². The van der Waals surface area contributed by atoms with Crippen molar-refractivity contribution in [3.63, 3.8) is 0 Å². The SMILES string of the molecule is CCC1C(C(=O)O)=Cc2cc(Br)ccc2N=C1N. The van der Waals surface area contributed by atoms with Gasteiger partial charge in [0.25, 0.3) is 0 Å². The van der Waals surface area contributed by atoms with E-state index in [-0.39, 0.29) is 11.5 Å². The average molecular weight is 309 g/mol. The molecular formula is C13H13BrN2O2. The minimum Gasteiger partial charge on any atom is -0.478 e. The van der Waals surface area contributed by atoms with Crippen LogP contribution in [-0.2, 0) is 4.79 Å². The molecule has 0 saturated heterocycles. The fourth-order valence-corrected chi connectivity index (χ4v) is 2.41. The molecule has 3 N–H and O–H groups in total. The molecule has 1 aromatic rings. The number of hydrogen-bond acceptors (Lipinski definition) is 3. The van der Waals surface area contributed by atoms with Crippen molar-refractivity contribution in [1.29, 1.82) is 0 Å². The van der Waals surface area contributed by atoms with Crippen LogP contribution in [-0.4, -0.2) is 16.9 Å². The van der Waals surface area contributed by atoms with Crippen molar-refractivity contribution in [2.45, 2.75) is 13.3 Å². The van der Waals surface area contributed by atoms with Gasteiger partial charge < -0.3 is 10.8 Å². The van der Waals surface area contributed by atoms with Crippen LogP contribution >= 0.6 is 15.9 Å². The molecule has 0 bridgehead atoms. The fraction of sp³-hybridized carbons (Fsp3) is 0.231. The largest absolute Gasteiger partial charge is 0.478 e. The molecule has 0 amide bonds. The van der Waals surface area contributed by atoms with Gasteiger partial charge >= 0.3 is 5.97 Å².